The van der Waals surface area contributed by atoms with Crippen LogP contribution in [0.15, 0.2) is 17.3 Å². The number of anilines is 1. The van der Waals surface area contributed by atoms with Gasteiger partial charge in [-0.2, -0.15) is 5.10 Å². The summed E-state index contributed by atoms with van der Waals surface area (Å²) in [5.74, 6) is -0.838. The summed E-state index contributed by atoms with van der Waals surface area (Å²) in [7, 11) is 0. The van der Waals surface area contributed by atoms with E-state index in [0.29, 0.717) is 36.6 Å². The molecule has 2 aromatic rings. The number of amides is 1. The highest BCUT2D eigenvalue weighted by Gasteiger charge is 2.38. The molecule has 3 heterocycles. The Morgan fingerprint density at radius 2 is 2.11 bits per heavy atom. The number of nitrogens with zero attached hydrogens (tertiary/aromatic N) is 4. The Hall–Kier alpha value is -2.29. The molecule has 1 amide bonds. The molecular formula is C18H24N4O4S. The topological polar surface area (TPSA) is 86.0 Å². The van der Waals surface area contributed by atoms with Crippen LogP contribution in [0, 0.1) is 0 Å². The van der Waals surface area contributed by atoms with E-state index >= 15 is 0 Å². The summed E-state index contributed by atoms with van der Waals surface area (Å²) in [5.41, 5.74) is 1.14. The van der Waals surface area contributed by atoms with Gasteiger partial charge in [0.1, 0.15) is 16.5 Å². The molecule has 1 unspecified atom stereocenters. The predicted octanol–water partition coefficient (Wildman–Crippen LogP) is 3.24. The summed E-state index contributed by atoms with van der Waals surface area (Å²) in [6.07, 6.45) is 3.48. The second-order valence-corrected chi connectivity index (χ2v) is 8.04. The zero-order chi connectivity index (χ0) is 19.8. The number of hydrogen-bond donors (Lipinski definition) is 0. The highest BCUT2D eigenvalue weighted by molar-refractivity contribution is 7.98. The molecule has 3 rings (SSSR count). The van der Waals surface area contributed by atoms with Crippen LogP contribution >= 0.6 is 11.8 Å². The number of hydrogen-bond acceptors (Lipinski definition) is 7. The molecule has 0 saturated carbocycles. The largest absolute Gasteiger partial charge is 0.465 e. The van der Waals surface area contributed by atoms with Gasteiger partial charge in [-0.25, -0.2) is 14.3 Å². The molecular weight excluding hydrogens is 368 g/mol. The molecule has 0 saturated heterocycles. The van der Waals surface area contributed by atoms with Gasteiger partial charge < -0.3 is 9.47 Å². The third-order valence-electron chi connectivity index (χ3n) is 4.13. The van der Waals surface area contributed by atoms with Crippen LogP contribution in [0.3, 0.4) is 0 Å². The first-order chi connectivity index (χ1) is 12.7. The monoisotopic (exact) mass is 392 g/mol. The number of carbonyl (C=O) groups is 2. The molecule has 1 aliphatic heterocycles. The Morgan fingerprint density at radius 1 is 1.37 bits per heavy atom. The summed E-state index contributed by atoms with van der Waals surface area (Å²) < 4.78 is 12.4. The SMILES string of the molecule is CCOC(=O)C1CCN(C(=O)OC(C)(C)C)c2cnc3cc(SC)nn3c21. The number of aromatic nitrogens is 3. The Morgan fingerprint density at radius 3 is 2.74 bits per heavy atom. The third-order valence-corrected chi connectivity index (χ3v) is 4.75. The van der Waals surface area contributed by atoms with Crippen LogP contribution in [0.25, 0.3) is 5.65 Å². The van der Waals surface area contributed by atoms with Crippen molar-refractivity contribution < 1.29 is 19.1 Å². The quantitative estimate of drug-likeness (QED) is 0.585. The number of esters is 1. The van der Waals surface area contributed by atoms with E-state index in [-0.39, 0.29) is 5.97 Å². The van der Waals surface area contributed by atoms with Gasteiger partial charge in [0.15, 0.2) is 5.65 Å². The number of carbonyl (C=O) groups excluding carboxylic acids is 2. The molecule has 0 fully saturated rings. The highest BCUT2D eigenvalue weighted by atomic mass is 32.2. The van der Waals surface area contributed by atoms with Crippen molar-refractivity contribution in [2.45, 2.75) is 50.7 Å². The van der Waals surface area contributed by atoms with Gasteiger partial charge in [0.05, 0.1) is 24.2 Å². The Bertz CT molecular complexity index is 874. The first-order valence-corrected chi connectivity index (χ1v) is 10.1. The van der Waals surface area contributed by atoms with E-state index in [1.165, 1.54) is 16.7 Å². The summed E-state index contributed by atoms with van der Waals surface area (Å²) >= 11 is 1.49. The maximum Gasteiger partial charge on any atom is 0.414 e. The first kappa shape index (κ1) is 19.5. The molecule has 2 aromatic heterocycles. The Labute approximate surface area is 162 Å². The van der Waals surface area contributed by atoms with Crippen LogP contribution in [-0.4, -0.2) is 51.7 Å². The second kappa shape index (κ2) is 7.38. The summed E-state index contributed by atoms with van der Waals surface area (Å²) in [4.78, 5) is 31.2. The van der Waals surface area contributed by atoms with Crippen molar-refractivity contribution in [1.29, 1.82) is 0 Å². The fourth-order valence-electron chi connectivity index (χ4n) is 3.05. The van der Waals surface area contributed by atoms with Crippen molar-refractivity contribution in [3.8, 4) is 0 Å². The molecule has 27 heavy (non-hydrogen) atoms. The average molecular weight is 392 g/mol. The van der Waals surface area contributed by atoms with Gasteiger partial charge in [-0.15, -0.1) is 11.8 Å². The molecule has 8 nitrogen and oxygen atoms in total. The normalized spacial score (nSPS) is 16.9. The predicted molar refractivity (Wildman–Crippen MR) is 102 cm³/mol. The van der Waals surface area contributed by atoms with E-state index in [2.05, 4.69) is 10.1 Å². The lowest BCUT2D eigenvalue weighted by molar-refractivity contribution is -0.145. The number of thioether (sulfide) groups is 1. The van der Waals surface area contributed by atoms with Gasteiger partial charge in [0.25, 0.3) is 0 Å². The zero-order valence-corrected chi connectivity index (χ0v) is 17.0. The van der Waals surface area contributed by atoms with Crippen molar-refractivity contribution in [2.24, 2.45) is 0 Å². The lowest BCUT2D eigenvalue weighted by Gasteiger charge is -2.34. The standard InChI is InChI=1S/C18H24N4O4S/c1-6-25-16(23)11-7-8-21(17(24)26-18(2,3)4)12-10-19-13-9-14(27-5)20-22(13)15(11)12/h9-11H,6-8H2,1-5H3. The van der Waals surface area contributed by atoms with Crippen LogP contribution < -0.4 is 4.90 Å². The van der Waals surface area contributed by atoms with E-state index in [4.69, 9.17) is 9.47 Å². The Balaban J connectivity index is 2.11. The molecule has 0 radical (unpaired) electrons. The minimum absolute atomic E-state index is 0.295. The van der Waals surface area contributed by atoms with Crippen LogP contribution in [0.2, 0.25) is 0 Å². The van der Waals surface area contributed by atoms with E-state index < -0.39 is 17.6 Å². The van der Waals surface area contributed by atoms with E-state index in [9.17, 15) is 9.59 Å². The van der Waals surface area contributed by atoms with Gasteiger partial charge >= 0.3 is 12.1 Å². The van der Waals surface area contributed by atoms with E-state index in [1.807, 2.05) is 33.1 Å². The number of ether oxygens (including phenoxy) is 2. The molecule has 1 atom stereocenters. The molecule has 0 spiro atoms. The first-order valence-electron chi connectivity index (χ1n) is 8.85. The van der Waals surface area contributed by atoms with Crippen molar-refractivity contribution in [2.75, 3.05) is 24.3 Å². The second-order valence-electron chi connectivity index (χ2n) is 7.21. The van der Waals surface area contributed by atoms with Crippen LogP contribution in [-0.2, 0) is 14.3 Å². The van der Waals surface area contributed by atoms with Crippen molar-refractivity contribution in [1.82, 2.24) is 14.6 Å². The van der Waals surface area contributed by atoms with E-state index in [0.717, 1.165) is 5.03 Å². The van der Waals surface area contributed by atoms with Gasteiger partial charge in [-0.05, 0) is 40.4 Å². The van der Waals surface area contributed by atoms with Gasteiger partial charge in [-0.3, -0.25) is 9.69 Å². The average Bonchev–Trinajstić information content (AvgIpc) is 3.02. The summed E-state index contributed by atoms with van der Waals surface area (Å²) in [5, 5.41) is 5.32. The minimum atomic E-state index is -0.621. The molecule has 146 valence electrons. The number of rotatable bonds is 3. The van der Waals surface area contributed by atoms with Crippen molar-refractivity contribution >= 4 is 35.2 Å². The lowest BCUT2D eigenvalue weighted by Crippen LogP contribution is -2.42. The fourth-order valence-corrected chi connectivity index (χ4v) is 3.44. The van der Waals surface area contributed by atoms with Crippen LogP contribution in [0.5, 0.6) is 0 Å². The zero-order valence-electron chi connectivity index (χ0n) is 16.2. The lowest BCUT2D eigenvalue weighted by atomic mass is 9.95. The molecule has 0 N–H and O–H groups in total. The molecule has 9 heteroatoms. The van der Waals surface area contributed by atoms with Crippen molar-refractivity contribution in [3.05, 3.63) is 18.0 Å². The smallest absolute Gasteiger partial charge is 0.414 e. The summed E-state index contributed by atoms with van der Waals surface area (Å²) in [6, 6.07) is 1.85. The number of fused-ring (bicyclic) bond motifs is 3. The molecule has 0 bridgehead atoms. The maximum absolute atomic E-state index is 12.7. The highest BCUT2D eigenvalue weighted by Crippen LogP contribution is 2.37. The van der Waals surface area contributed by atoms with Gasteiger partial charge in [0, 0.05) is 12.6 Å². The minimum Gasteiger partial charge on any atom is -0.465 e. The van der Waals surface area contributed by atoms with Gasteiger partial charge in [-0.1, -0.05) is 0 Å². The Kier molecular flexibility index (Phi) is 5.32. The van der Waals surface area contributed by atoms with Crippen LogP contribution in [0.4, 0.5) is 10.5 Å². The molecule has 1 aliphatic rings. The molecule has 0 aliphatic carbocycles. The molecule has 0 aromatic carbocycles. The van der Waals surface area contributed by atoms with Crippen molar-refractivity contribution in [3.63, 3.8) is 0 Å². The van der Waals surface area contributed by atoms with Gasteiger partial charge in [0.2, 0.25) is 0 Å². The third kappa shape index (κ3) is 3.87. The maximum atomic E-state index is 12.7. The fraction of sp³-hybridized carbons (Fsp3) is 0.556. The van der Waals surface area contributed by atoms with Crippen LogP contribution in [0.1, 0.15) is 45.7 Å². The summed E-state index contributed by atoms with van der Waals surface area (Å²) in [6.45, 7) is 7.86. The van der Waals surface area contributed by atoms with E-state index in [1.54, 1.807) is 17.6 Å².